The van der Waals surface area contributed by atoms with Gasteiger partial charge in [0.1, 0.15) is 0 Å². The molecule has 0 aromatic rings. The van der Waals surface area contributed by atoms with E-state index >= 15 is 0 Å². The molecule has 1 amide bonds. The zero-order valence-electron chi connectivity index (χ0n) is 14.6. The Kier molecular flexibility index (Phi) is 10.3. The van der Waals surface area contributed by atoms with Crippen molar-refractivity contribution >= 4 is 24.3 Å². The van der Waals surface area contributed by atoms with Crippen LogP contribution in [0.3, 0.4) is 0 Å². The van der Waals surface area contributed by atoms with Gasteiger partial charge in [-0.25, -0.2) is 0 Å². The van der Waals surface area contributed by atoms with Gasteiger partial charge in [0.2, 0.25) is 5.91 Å². The number of rotatable bonds is 7. The van der Waals surface area contributed by atoms with E-state index in [1.165, 1.54) is 7.11 Å². The lowest BCUT2D eigenvalue weighted by atomic mass is 9.86. The third-order valence-corrected chi connectivity index (χ3v) is 5.10. The predicted octanol–water partition coefficient (Wildman–Crippen LogP) is 1.52. The fourth-order valence-electron chi connectivity index (χ4n) is 3.53. The third-order valence-electron chi connectivity index (χ3n) is 5.10. The molecule has 1 unspecified atom stereocenters. The number of piperidine rings is 1. The van der Waals surface area contributed by atoms with Crippen LogP contribution in [0.5, 0.6) is 0 Å². The average molecular weight is 363 g/mol. The van der Waals surface area contributed by atoms with Crippen LogP contribution in [0.2, 0.25) is 0 Å². The van der Waals surface area contributed by atoms with E-state index < -0.39 is 0 Å². The Balaban J connectivity index is 0.00000288. The first-order valence-electron chi connectivity index (χ1n) is 8.83. The van der Waals surface area contributed by atoms with Crippen LogP contribution in [-0.2, 0) is 19.1 Å². The molecule has 0 aromatic carbocycles. The molecule has 0 saturated carbocycles. The molecule has 0 aliphatic carbocycles. The van der Waals surface area contributed by atoms with Crippen LogP contribution in [0, 0.1) is 17.8 Å². The highest BCUT2D eigenvalue weighted by atomic mass is 35.5. The quantitative estimate of drug-likeness (QED) is 0.671. The molecule has 2 fully saturated rings. The molecule has 0 spiro atoms. The summed E-state index contributed by atoms with van der Waals surface area (Å²) in [7, 11) is 1.41. The number of carbonyl (C=O) groups is 2. The lowest BCUT2D eigenvalue weighted by Gasteiger charge is -2.28. The van der Waals surface area contributed by atoms with Crippen molar-refractivity contribution in [2.75, 3.05) is 40.0 Å². The van der Waals surface area contributed by atoms with E-state index in [0.29, 0.717) is 32.1 Å². The maximum absolute atomic E-state index is 12.1. The standard InChI is InChI=1S/C17H30N2O4.ClH/c1-22-17(21)15(14-6-10-23-11-7-14)12-19-16(20)3-2-13-4-8-18-9-5-13;/h13-15,18H,2-12H2,1H3,(H,19,20);1H. The van der Waals surface area contributed by atoms with Gasteiger partial charge in [0.25, 0.3) is 0 Å². The first-order chi connectivity index (χ1) is 11.2. The van der Waals surface area contributed by atoms with Gasteiger partial charge in [-0.15, -0.1) is 12.4 Å². The number of hydrogen-bond donors (Lipinski definition) is 2. The normalized spacial score (nSPS) is 20.7. The number of carbonyl (C=O) groups excluding carboxylic acids is 2. The second kappa shape index (κ2) is 11.7. The first kappa shape index (κ1) is 21.2. The van der Waals surface area contributed by atoms with E-state index in [2.05, 4.69) is 10.6 Å². The molecular weight excluding hydrogens is 332 g/mol. The van der Waals surface area contributed by atoms with Crippen molar-refractivity contribution in [3.05, 3.63) is 0 Å². The number of halogens is 1. The van der Waals surface area contributed by atoms with Gasteiger partial charge < -0.3 is 20.1 Å². The van der Waals surface area contributed by atoms with E-state index in [1.807, 2.05) is 0 Å². The molecular formula is C17H31ClN2O4. The van der Waals surface area contributed by atoms with Gasteiger partial charge in [-0.05, 0) is 57.0 Å². The number of amides is 1. The lowest BCUT2D eigenvalue weighted by molar-refractivity contribution is -0.148. The molecule has 2 saturated heterocycles. The topological polar surface area (TPSA) is 76.7 Å². The molecule has 7 heteroatoms. The van der Waals surface area contributed by atoms with Crippen LogP contribution in [0.4, 0.5) is 0 Å². The summed E-state index contributed by atoms with van der Waals surface area (Å²) in [6, 6.07) is 0. The summed E-state index contributed by atoms with van der Waals surface area (Å²) in [6.45, 7) is 3.85. The molecule has 2 aliphatic rings. The van der Waals surface area contributed by atoms with Crippen molar-refractivity contribution in [2.45, 2.75) is 38.5 Å². The molecule has 1 atom stereocenters. The van der Waals surface area contributed by atoms with Gasteiger partial charge in [0.05, 0.1) is 13.0 Å². The third kappa shape index (κ3) is 6.95. The predicted molar refractivity (Wildman–Crippen MR) is 94.1 cm³/mol. The van der Waals surface area contributed by atoms with Crippen LogP contribution in [0.1, 0.15) is 38.5 Å². The molecule has 2 aliphatic heterocycles. The Morgan fingerprint density at radius 1 is 1.21 bits per heavy atom. The first-order valence-corrected chi connectivity index (χ1v) is 8.83. The Bertz CT molecular complexity index is 383. The second-order valence-corrected chi connectivity index (χ2v) is 6.62. The second-order valence-electron chi connectivity index (χ2n) is 6.62. The molecule has 140 valence electrons. The summed E-state index contributed by atoms with van der Waals surface area (Å²) in [4.78, 5) is 24.1. The van der Waals surface area contributed by atoms with Crippen molar-refractivity contribution in [3.8, 4) is 0 Å². The fourth-order valence-corrected chi connectivity index (χ4v) is 3.53. The van der Waals surface area contributed by atoms with Gasteiger partial charge in [-0.3, -0.25) is 9.59 Å². The molecule has 2 heterocycles. The van der Waals surface area contributed by atoms with Crippen molar-refractivity contribution in [1.29, 1.82) is 0 Å². The smallest absolute Gasteiger partial charge is 0.310 e. The highest BCUT2D eigenvalue weighted by molar-refractivity contribution is 5.85. The maximum atomic E-state index is 12.1. The minimum Gasteiger partial charge on any atom is -0.469 e. The van der Waals surface area contributed by atoms with Crippen molar-refractivity contribution in [3.63, 3.8) is 0 Å². The van der Waals surface area contributed by atoms with E-state index in [0.717, 1.165) is 45.2 Å². The molecule has 6 nitrogen and oxygen atoms in total. The zero-order valence-corrected chi connectivity index (χ0v) is 15.4. The molecule has 0 aromatic heterocycles. The van der Waals surface area contributed by atoms with Crippen LogP contribution in [0.25, 0.3) is 0 Å². The summed E-state index contributed by atoms with van der Waals surface area (Å²) in [5.74, 6) is 0.446. The van der Waals surface area contributed by atoms with Crippen LogP contribution in [-0.4, -0.2) is 51.8 Å². The highest BCUT2D eigenvalue weighted by Gasteiger charge is 2.31. The largest absolute Gasteiger partial charge is 0.469 e. The average Bonchev–Trinajstić information content (AvgIpc) is 2.61. The van der Waals surface area contributed by atoms with Crippen molar-refractivity contribution < 1.29 is 19.1 Å². The molecule has 2 N–H and O–H groups in total. The number of methoxy groups -OCH3 is 1. The Morgan fingerprint density at radius 3 is 2.50 bits per heavy atom. The van der Waals surface area contributed by atoms with Crippen LogP contribution >= 0.6 is 12.4 Å². The summed E-state index contributed by atoms with van der Waals surface area (Å²) < 4.78 is 10.3. The molecule has 2 rings (SSSR count). The van der Waals surface area contributed by atoms with E-state index in [-0.39, 0.29) is 36.1 Å². The van der Waals surface area contributed by atoms with E-state index in [9.17, 15) is 9.59 Å². The van der Waals surface area contributed by atoms with Crippen LogP contribution in [0.15, 0.2) is 0 Å². The Labute approximate surface area is 150 Å². The van der Waals surface area contributed by atoms with E-state index in [1.54, 1.807) is 0 Å². The number of ether oxygens (including phenoxy) is 2. The minimum atomic E-state index is -0.258. The summed E-state index contributed by atoms with van der Waals surface area (Å²) in [5, 5.41) is 6.27. The van der Waals surface area contributed by atoms with Gasteiger partial charge in [-0.1, -0.05) is 0 Å². The van der Waals surface area contributed by atoms with Gasteiger partial charge in [0, 0.05) is 26.2 Å². The summed E-state index contributed by atoms with van der Waals surface area (Å²) in [5.41, 5.74) is 0. The summed E-state index contributed by atoms with van der Waals surface area (Å²) >= 11 is 0. The summed E-state index contributed by atoms with van der Waals surface area (Å²) in [6.07, 6.45) is 5.50. The molecule has 0 bridgehead atoms. The highest BCUT2D eigenvalue weighted by Crippen LogP contribution is 2.24. The van der Waals surface area contributed by atoms with Crippen LogP contribution < -0.4 is 10.6 Å². The Morgan fingerprint density at radius 2 is 1.88 bits per heavy atom. The molecule has 24 heavy (non-hydrogen) atoms. The molecule has 0 radical (unpaired) electrons. The SMILES string of the molecule is COC(=O)C(CNC(=O)CCC1CCNCC1)C1CCOCC1.Cl. The monoisotopic (exact) mass is 362 g/mol. The lowest BCUT2D eigenvalue weighted by Crippen LogP contribution is -2.39. The van der Waals surface area contributed by atoms with Crippen molar-refractivity contribution in [1.82, 2.24) is 10.6 Å². The van der Waals surface area contributed by atoms with Crippen molar-refractivity contribution in [2.24, 2.45) is 17.8 Å². The van der Waals surface area contributed by atoms with Gasteiger partial charge in [-0.2, -0.15) is 0 Å². The van der Waals surface area contributed by atoms with Gasteiger partial charge in [0.15, 0.2) is 0 Å². The maximum Gasteiger partial charge on any atom is 0.310 e. The number of nitrogens with one attached hydrogen (secondary N) is 2. The minimum absolute atomic E-state index is 0. The van der Waals surface area contributed by atoms with Gasteiger partial charge >= 0.3 is 5.97 Å². The number of esters is 1. The Hall–Kier alpha value is -0.850. The zero-order chi connectivity index (χ0) is 16.5. The fraction of sp³-hybridized carbons (Fsp3) is 0.882. The van der Waals surface area contributed by atoms with E-state index in [4.69, 9.17) is 9.47 Å². The number of hydrogen-bond acceptors (Lipinski definition) is 5.